The van der Waals surface area contributed by atoms with Gasteiger partial charge in [0.2, 0.25) is 0 Å². The Labute approximate surface area is 188 Å². The van der Waals surface area contributed by atoms with Crippen LogP contribution in [0.4, 0.5) is 0 Å². The normalized spacial score (nSPS) is 11.8. The summed E-state index contributed by atoms with van der Waals surface area (Å²) in [5, 5.41) is 4.41. The summed E-state index contributed by atoms with van der Waals surface area (Å²) in [6.45, 7) is 1.90. The predicted molar refractivity (Wildman–Crippen MR) is 129 cm³/mol. The smallest absolute Gasteiger partial charge is 0.274 e. The Hall–Kier alpha value is -4.51. The number of hydrogen-bond donors (Lipinski definition) is 0. The van der Waals surface area contributed by atoms with Crippen LogP contribution in [0.25, 0.3) is 66.7 Å². The van der Waals surface area contributed by atoms with Crippen LogP contribution in [0.15, 0.2) is 93.8 Å². The standard InChI is InChI=1S/C28H17N3O2/c1-16-29-27(17-10-12-21-19-6-2-4-8-23(19)32-25(21)14-17)31-28(30-16)18-11-13-22-20-7-3-5-9-24(20)33-26(22)15-18/h2-15H,1H3/p+1. The van der Waals surface area contributed by atoms with Crippen molar-refractivity contribution in [1.29, 1.82) is 0 Å². The third-order valence-electron chi connectivity index (χ3n) is 6.09. The van der Waals surface area contributed by atoms with Crippen LogP contribution in [0.5, 0.6) is 0 Å². The first-order valence-electron chi connectivity index (χ1n) is 10.8. The molecule has 0 atom stereocenters. The molecule has 156 valence electrons. The van der Waals surface area contributed by atoms with Crippen molar-refractivity contribution < 1.29 is 13.8 Å². The number of nitrogens with zero attached hydrogens (tertiary/aromatic N) is 2. The highest BCUT2D eigenvalue weighted by atomic mass is 16.3. The second-order valence-electron chi connectivity index (χ2n) is 8.21. The molecule has 3 heterocycles. The van der Waals surface area contributed by atoms with E-state index < -0.39 is 0 Å². The number of nitrogens with one attached hydrogen (secondary N) is 1. The van der Waals surface area contributed by atoms with Gasteiger partial charge in [-0.2, -0.15) is 0 Å². The fraction of sp³-hybridized carbons (Fsp3) is 0.0357. The number of fused-ring (bicyclic) bond motifs is 6. The van der Waals surface area contributed by atoms with Crippen molar-refractivity contribution in [3.05, 3.63) is 90.8 Å². The van der Waals surface area contributed by atoms with E-state index in [0.29, 0.717) is 5.82 Å². The molecule has 0 bridgehead atoms. The monoisotopic (exact) mass is 428 g/mol. The van der Waals surface area contributed by atoms with Crippen LogP contribution in [0.1, 0.15) is 5.82 Å². The molecule has 7 rings (SSSR count). The molecular weight excluding hydrogens is 410 g/mol. The van der Waals surface area contributed by atoms with E-state index in [2.05, 4.69) is 51.4 Å². The van der Waals surface area contributed by atoms with Gasteiger partial charge in [-0.3, -0.25) is 0 Å². The highest BCUT2D eigenvalue weighted by molar-refractivity contribution is 6.06. The Morgan fingerprint density at radius 2 is 1.00 bits per heavy atom. The number of benzene rings is 4. The fourth-order valence-electron chi connectivity index (χ4n) is 4.54. The molecule has 0 spiro atoms. The molecule has 0 amide bonds. The number of H-pyrrole nitrogens is 1. The van der Waals surface area contributed by atoms with Crippen LogP contribution in [0, 0.1) is 6.92 Å². The van der Waals surface area contributed by atoms with Crippen LogP contribution in [-0.4, -0.2) is 9.97 Å². The largest absolute Gasteiger partial charge is 0.456 e. The SMILES string of the molecule is Cc1nc(-c2ccc3c(c2)oc2ccccc23)[nH+]c(-c2ccc3c(c2)oc2ccccc23)n1. The molecule has 0 saturated heterocycles. The second kappa shape index (κ2) is 6.74. The fourth-order valence-corrected chi connectivity index (χ4v) is 4.54. The molecule has 0 aliphatic carbocycles. The lowest BCUT2D eigenvalue weighted by molar-refractivity contribution is -0.360. The summed E-state index contributed by atoms with van der Waals surface area (Å²) in [4.78, 5) is 12.7. The van der Waals surface area contributed by atoms with Crippen LogP contribution in [0.3, 0.4) is 0 Å². The third-order valence-corrected chi connectivity index (χ3v) is 6.09. The van der Waals surface area contributed by atoms with Crippen molar-refractivity contribution in [2.75, 3.05) is 0 Å². The number of hydrogen-bond acceptors (Lipinski definition) is 4. The van der Waals surface area contributed by atoms with Crippen LogP contribution >= 0.6 is 0 Å². The van der Waals surface area contributed by atoms with Crippen molar-refractivity contribution in [3.8, 4) is 22.8 Å². The zero-order chi connectivity index (χ0) is 21.9. The summed E-state index contributed by atoms with van der Waals surface area (Å²) in [5.74, 6) is 2.17. The maximum absolute atomic E-state index is 6.07. The van der Waals surface area contributed by atoms with Gasteiger partial charge in [0.05, 0.1) is 11.1 Å². The Morgan fingerprint density at radius 3 is 1.52 bits per heavy atom. The van der Waals surface area contributed by atoms with Crippen molar-refractivity contribution in [3.63, 3.8) is 0 Å². The van der Waals surface area contributed by atoms with Gasteiger partial charge in [-0.15, -0.1) is 0 Å². The van der Waals surface area contributed by atoms with E-state index >= 15 is 0 Å². The van der Waals surface area contributed by atoms with E-state index in [9.17, 15) is 0 Å². The summed E-state index contributed by atoms with van der Waals surface area (Å²) in [7, 11) is 0. The lowest BCUT2D eigenvalue weighted by Crippen LogP contribution is -2.17. The van der Waals surface area contributed by atoms with Gasteiger partial charge in [0.25, 0.3) is 17.5 Å². The van der Waals surface area contributed by atoms with Gasteiger partial charge < -0.3 is 8.83 Å². The first-order valence-corrected chi connectivity index (χ1v) is 10.8. The van der Waals surface area contributed by atoms with E-state index in [0.717, 1.165) is 66.7 Å². The Balaban J connectivity index is 1.36. The molecule has 33 heavy (non-hydrogen) atoms. The maximum Gasteiger partial charge on any atom is 0.274 e. The summed E-state index contributed by atoms with van der Waals surface area (Å²) in [6, 6.07) is 28.5. The summed E-state index contributed by atoms with van der Waals surface area (Å²) < 4.78 is 12.1. The van der Waals surface area contributed by atoms with Crippen molar-refractivity contribution in [1.82, 2.24) is 9.97 Å². The number of aromatic nitrogens is 3. The number of para-hydroxylation sites is 2. The van der Waals surface area contributed by atoms with Crippen LogP contribution in [0.2, 0.25) is 0 Å². The molecule has 5 nitrogen and oxygen atoms in total. The molecule has 0 aliphatic rings. The summed E-state index contributed by atoms with van der Waals surface area (Å²) in [6.07, 6.45) is 0. The molecule has 0 unspecified atom stereocenters. The molecule has 4 aromatic carbocycles. The number of aryl methyl sites for hydroxylation is 1. The quantitative estimate of drug-likeness (QED) is 0.306. The summed E-state index contributed by atoms with van der Waals surface area (Å²) in [5.41, 5.74) is 5.32. The average molecular weight is 428 g/mol. The van der Waals surface area contributed by atoms with Crippen LogP contribution in [-0.2, 0) is 0 Å². The third kappa shape index (κ3) is 2.83. The zero-order valence-corrected chi connectivity index (χ0v) is 17.8. The van der Waals surface area contributed by atoms with Crippen molar-refractivity contribution >= 4 is 43.9 Å². The molecule has 1 N–H and O–H groups in total. The van der Waals surface area contributed by atoms with Gasteiger partial charge in [-0.1, -0.05) is 46.4 Å². The topological polar surface area (TPSA) is 66.2 Å². The molecular formula is C28H18N3O2+. The summed E-state index contributed by atoms with van der Waals surface area (Å²) >= 11 is 0. The highest BCUT2D eigenvalue weighted by Crippen LogP contribution is 2.32. The molecule has 0 saturated carbocycles. The van der Waals surface area contributed by atoms with E-state index in [1.807, 2.05) is 55.5 Å². The Kier molecular flexibility index (Phi) is 3.70. The molecule has 3 aromatic heterocycles. The van der Waals surface area contributed by atoms with Crippen molar-refractivity contribution in [2.45, 2.75) is 6.92 Å². The second-order valence-corrected chi connectivity index (χ2v) is 8.21. The van der Waals surface area contributed by atoms with Gasteiger partial charge in [0, 0.05) is 28.5 Å². The average Bonchev–Trinajstić information content (AvgIpc) is 3.40. The minimum absolute atomic E-state index is 0.688. The van der Waals surface area contributed by atoms with E-state index in [1.54, 1.807) is 0 Å². The lowest BCUT2D eigenvalue weighted by Gasteiger charge is -2.00. The first kappa shape index (κ1) is 18.1. The Bertz CT molecular complexity index is 1710. The van der Waals surface area contributed by atoms with E-state index in [1.165, 1.54) is 0 Å². The van der Waals surface area contributed by atoms with Gasteiger partial charge in [-0.25, -0.2) is 4.98 Å². The van der Waals surface area contributed by atoms with Gasteiger partial charge >= 0.3 is 0 Å². The predicted octanol–water partition coefficient (Wildman–Crippen LogP) is 6.73. The van der Waals surface area contributed by atoms with Gasteiger partial charge in [0.15, 0.2) is 0 Å². The number of aromatic amines is 1. The molecule has 0 fully saturated rings. The Morgan fingerprint density at radius 1 is 0.545 bits per heavy atom. The van der Waals surface area contributed by atoms with E-state index in [4.69, 9.17) is 8.83 Å². The number of furan rings is 2. The maximum atomic E-state index is 6.07. The minimum Gasteiger partial charge on any atom is -0.456 e. The number of rotatable bonds is 2. The first-order chi connectivity index (χ1) is 16.2. The minimum atomic E-state index is 0.688. The molecule has 0 radical (unpaired) electrons. The van der Waals surface area contributed by atoms with Crippen LogP contribution < -0.4 is 4.98 Å². The van der Waals surface area contributed by atoms with Gasteiger partial charge in [-0.05, 0) is 48.5 Å². The van der Waals surface area contributed by atoms with Crippen molar-refractivity contribution in [2.24, 2.45) is 0 Å². The van der Waals surface area contributed by atoms with E-state index in [-0.39, 0.29) is 0 Å². The highest BCUT2D eigenvalue weighted by Gasteiger charge is 2.18. The zero-order valence-electron chi connectivity index (χ0n) is 17.8. The molecule has 0 aliphatic heterocycles. The lowest BCUT2D eigenvalue weighted by atomic mass is 10.1. The van der Waals surface area contributed by atoms with Gasteiger partial charge in [0.1, 0.15) is 22.3 Å². The molecule has 5 heteroatoms. The molecule has 7 aromatic rings.